The molecule has 0 amide bonds. The van der Waals surface area contributed by atoms with E-state index in [1.807, 2.05) is 35.9 Å². The minimum absolute atomic E-state index is 0.580. The largest absolute Gasteiger partial charge is 0.383 e. The van der Waals surface area contributed by atoms with Gasteiger partial charge in [-0.15, -0.1) is 10.2 Å². The van der Waals surface area contributed by atoms with Crippen LogP contribution in [0.15, 0.2) is 35.6 Å². The van der Waals surface area contributed by atoms with E-state index in [0.29, 0.717) is 19.7 Å². The van der Waals surface area contributed by atoms with Gasteiger partial charge in [0.2, 0.25) is 0 Å². The Labute approximate surface area is 160 Å². The molecule has 0 spiro atoms. The summed E-state index contributed by atoms with van der Waals surface area (Å²) in [5.41, 5.74) is 1.06. The second-order valence-electron chi connectivity index (χ2n) is 5.87. The summed E-state index contributed by atoms with van der Waals surface area (Å²) in [6.45, 7) is 5.42. The number of halogens is 1. The van der Waals surface area contributed by atoms with Gasteiger partial charge in [-0.1, -0.05) is 36.7 Å². The van der Waals surface area contributed by atoms with E-state index < -0.39 is 0 Å². The fourth-order valence-electron chi connectivity index (χ4n) is 2.54. The van der Waals surface area contributed by atoms with E-state index in [0.717, 1.165) is 41.9 Å². The first-order valence-corrected chi connectivity index (χ1v) is 9.12. The van der Waals surface area contributed by atoms with Crippen molar-refractivity contribution in [3.05, 3.63) is 47.0 Å². The maximum atomic E-state index is 6.28. The van der Waals surface area contributed by atoms with Crippen LogP contribution in [0.5, 0.6) is 0 Å². The molecule has 8 heteroatoms. The van der Waals surface area contributed by atoms with E-state index in [2.05, 4.69) is 32.3 Å². The molecule has 0 saturated carbocycles. The summed E-state index contributed by atoms with van der Waals surface area (Å²) in [4.78, 5) is 6.68. The average Bonchev–Trinajstić information content (AvgIpc) is 3.10. The van der Waals surface area contributed by atoms with Gasteiger partial charge < -0.3 is 19.5 Å². The number of aromatic nitrogens is 3. The van der Waals surface area contributed by atoms with Gasteiger partial charge in [0, 0.05) is 45.2 Å². The summed E-state index contributed by atoms with van der Waals surface area (Å²) in [5, 5.41) is 12.2. The summed E-state index contributed by atoms with van der Waals surface area (Å²) in [6.07, 6.45) is 2.62. The van der Waals surface area contributed by atoms with Gasteiger partial charge in [-0.25, -0.2) is 0 Å². The zero-order chi connectivity index (χ0) is 18.8. The van der Waals surface area contributed by atoms with Crippen LogP contribution >= 0.6 is 11.6 Å². The van der Waals surface area contributed by atoms with E-state index >= 15 is 0 Å². The van der Waals surface area contributed by atoms with Gasteiger partial charge in [-0.3, -0.25) is 4.99 Å². The van der Waals surface area contributed by atoms with Gasteiger partial charge >= 0.3 is 0 Å². The van der Waals surface area contributed by atoms with Crippen molar-refractivity contribution in [2.45, 2.75) is 26.4 Å². The maximum Gasteiger partial charge on any atom is 0.194 e. The van der Waals surface area contributed by atoms with Crippen molar-refractivity contribution in [1.29, 1.82) is 0 Å². The normalized spacial score (nSPS) is 11.6. The zero-order valence-corrected chi connectivity index (χ0v) is 16.4. The standard InChI is InChI=1S/C18H27ClN6O/c1-4-17-23-22-14-25(17)11-9-20-18(21-10-12-26-3)24(2)13-15-7-5-6-8-16(15)19/h5-8,14H,4,9-13H2,1-3H3,(H,20,21). The second kappa shape index (κ2) is 10.8. The Kier molecular flexibility index (Phi) is 8.37. The Hall–Kier alpha value is -2.12. The quantitative estimate of drug-likeness (QED) is 0.411. The van der Waals surface area contributed by atoms with Crippen LogP contribution in [0.3, 0.4) is 0 Å². The summed E-state index contributed by atoms with van der Waals surface area (Å²) in [6, 6.07) is 7.85. The molecule has 142 valence electrons. The SMILES string of the molecule is CCc1nncn1CCNC(=NCCOC)N(C)Cc1ccccc1Cl. The van der Waals surface area contributed by atoms with E-state index in [4.69, 9.17) is 16.3 Å². The zero-order valence-electron chi connectivity index (χ0n) is 15.7. The maximum absolute atomic E-state index is 6.28. The third kappa shape index (κ3) is 6.00. The molecular formula is C18H27ClN6O. The number of methoxy groups -OCH3 is 1. The highest BCUT2D eigenvalue weighted by molar-refractivity contribution is 6.31. The van der Waals surface area contributed by atoms with Crippen LogP contribution in [0.2, 0.25) is 5.02 Å². The second-order valence-corrected chi connectivity index (χ2v) is 6.27. The molecule has 0 bridgehead atoms. The number of nitrogens with one attached hydrogen (secondary N) is 1. The number of guanidine groups is 1. The van der Waals surface area contributed by atoms with Crippen molar-refractivity contribution in [3.8, 4) is 0 Å². The number of benzene rings is 1. The summed E-state index contributed by atoms with van der Waals surface area (Å²) < 4.78 is 7.16. The third-order valence-electron chi connectivity index (χ3n) is 3.93. The number of ether oxygens (including phenoxy) is 1. The van der Waals surface area contributed by atoms with Crippen molar-refractivity contribution in [2.75, 3.05) is 33.9 Å². The van der Waals surface area contributed by atoms with Crippen LogP contribution in [-0.2, 0) is 24.2 Å². The molecule has 2 aromatic rings. The van der Waals surface area contributed by atoms with Gasteiger partial charge in [0.15, 0.2) is 5.96 Å². The van der Waals surface area contributed by atoms with Crippen LogP contribution < -0.4 is 5.32 Å². The molecule has 0 aliphatic carbocycles. The van der Waals surface area contributed by atoms with Gasteiger partial charge in [-0.2, -0.15) is 0 Å². The number of nitrogens with zero attached hydrogens (tertiary/aromatic N) is 5. The first-order valence-electron chi connectivity index (χ1n) is 8.74. The molecule has 1 aromatic heterocycles. The Morgan fingerprint density at radius 1 is 1.38 bits per heavy atom. The van der Waals surface area contributed by atoms with Crippen molar-refractivity contribution in [2.24, 2.45) is 4.99 Å². The van der Waals surface area contributed by atoms with E-state index in [-0.39, 0.29) is 0 Å². The average molecular weight is 379 g/mol. The summed E-state index contributed by atoms with van der Waals surface area (Å²) in [7, 11) is 3.67. The molecule has 2 rings (SSSR count). The fourth-order valence-corrected chi connectivity index (χ4v) is 2.73. The number of rotatable bonds is 9. The molecule has 1 heterocycles. The van der Waals surface area contributed by atoms with Crippen molar-refractivity contribution >= 4 is 17.6 Å². The smallest absolute Gasteiger partial charge is 0.194 e. The van der Waals surface area contributed by atoms with E-state index in [1.165, 1.54) is 0 Å². The Morgan fingerprint density at radius 2 is 2.19 bits per heavy atom. The predicted molar refractivity (Wildman–Crippen MR) is 104 cm³/mol. The van der Waals surface area contributed by atoms with Crippen molar-refractivity contribution in [1.82, 2.24) is 25.0 Å². The topological polar surface area (TPSA) is 67.6 Å². The molecular weight excluding hydrogens is 352 g/mol. The molecule has 0 radical (unpaired) electrons. The lowest BCUT2D eigenvalue weighted by Gasteiger charge is -2.23. The first kappa shape index (κ1) is 20.2. The molecule has 1 N–H and O–H groups in total. The van der Waals surface area contributed by atoms with Crippen LogP contribution in [0.25, 0.3) is 0 Å². The van der Waals surface area contributed by atoms with Gasteiger partial charge in [-0.05, 0) is 11.6 Å². The monoisotopic (exact) mass is 378 g/mol. The number of aryl methyl sites for hydroxylation is 1. The number of hydrogen-bond donors (Lipinski definition) is 1. The molecule has 0 aliphatic rings. The predicted octanol–water partition coefficient (Wildman–Crippen LogP) is 2.22. The molecule has 0 saturated heterocycles. The Balaban J connectivity index is 1.98. The van der Waals surface area contributed by atoms with Crippen LogP contribution in [0.1, 0.15) is 18.3 Å². The van der Waals surface area contributed by atoms with Gasteiger partial charge in [0.05, 0.1) is 13.2 Å². The first-order chi connectivity index (χ1) is 12.7. The lowest BCUT2D eigenvalue weighted by Crippen LogP contribution is -2.40. The number of aliphatic imine (C=N–C) groups is 1. The Bertz CT molecular complexity index is 702. The molecule has 0 aliphatic heterocycles. The van der Waals surface area contributed by atoms with Crippen molar-refractivity contribution < 1.29 is 4.74 Å². The molecule has 26 heavy (non-hydrogen) atoms. The minimum Gasteiger partial charge on any atom is -0.383 e. The fraction of sp³-hybridized carbons (Fsp3) is 0.500. The lowest BCUT2D eigenvalue weighted by atomic mass is 10.2. The van der Waals surface area contributed by atoms with Gasteiger partial charge in [0.1, 0.15) is 12.2 Å². The van der Waals surface area contributed by atoms with Crippen LogP contribution in [0.4, 0.5) is 0 Å². The summed E-state index contributed by atoms with van der Waals surface area (Å²) in [5.74, 6) is 1.79. The van der Waals surface area contributed by atoms with E-state index in [9.17, 15) is 0 Å². The summed E-state index contributed by atoms with van der Waals surface area (Å²) >= 11 is 6.28. The van der Waals surface area contributed by atoms with Gasteiger partial charge in [0.25, 0.3) is 0 Å². The molecule has 0 atom stereocenters. The van der Waals surface area contributed by atoms with Crippen LogP contribution in [0, 0.1) is 0 Å². The highest BCUT2D eigenvalue weighted by Crippen LogP contribution is 2.16. The molecule has 0 unspecified atom stereocenters. The van der Waals surface area contributed by atoms with E-state index in [1.54, 1.807) is 13.4 Å². The molecule has 7 nitrogen and oxygen atoms in total. The molecule has 1 aromatic carbocycles. The minimum atomic E-state index is 0.580. The highest BCUT2D eigenvalue weighted by atomic mass is 35.5. The highest BCUT2D eigenvalue weighted by Gasteiger charge is 2.10. The van der Waals surface area contributed by atoms with Crippen LogP contribution in [-0.4, -0.2) is 59.5 Å². The lowest BCUT2D eigenvalue weighted by molar-refractivity contribution is 0.207. The third-order valence-corrected chi connectivity index (χ3v) is 4.30. The van der Waals surface area contributed by atoms with Crippen molar-refractivity contribution in [3.63, 3.8) is 0 Å². The Morgan fingerprint density at radius 3 is 2.92 bits per heavy atom. The molecule has 0 fully saturated rings. The number of hydrogen-bond acceptors (Lipinski definition) is 4.